The van der Waals surface area contributed by atoms with Gasteiger partial charge >= 0.3 is 0 Å². The second kappa shape index (κ2) is 31.6. The van der Waals surface area contributed by atoms with Crippen LogP contribution in [-0.4, -0.2) is 10.5 Å². The normalized spacial score (nSPS) is 11.5. The molecule has 34 nitrogen and oxygen atoms in total. The topological polar surface area (TPSA) is 336 Å². The van der Waals surface area contributed by atoms with Crippen molar-refractivity contribution in [1.82, 2.24) is 0 Å². The molecule has 0 amide bonds. The van der Waals surface area contributed by atoms with E-state index in [-0.39, 0.29) is 0 Å². The van der Waals surface area contributed by atoms with Gasteiger partial charge in [-0.1, -0.05) is 0 Å². The Morgan fingerprint density at radius 1 is 0.147 bits per heavy atom. The molecule has 0 atom stereocenters. The molecule has 34 heavy (non-hydrogen) atoms. The number of hydrogen-bond donors (Lipinski definition) is 2. The van der Waals surface area contributed by atoms with Crippen molar-refractivity contribution in [3.05, 3.63) is 0 Å². The van der Waals surface area contributed by atoms with Gasteiger partial charge in [-0.05, 0) is 80.6 Å². The van der Waals surface area contributed by atoms with E-state index in [0.29, 0.717) is 0 Å². The van der Waals surface area contributed by atoms with E-state index < -0.39 is 0 Å². The first-order valence-electron chi connectivity index (χ1n) is 5.53. The average molecular weight is 546 g/mol. The zero-order chi connectivity index (χ0) is 24.6. The summed E-state index contributed by atoms with van der Waals surface area (Å²) in [7, 11) is 0. The summed E-state index contributed by atoms with van der Waals surface area (Å²) in [4.78, 5) is 0. The predicted octanol–water partition coefficient (Wildman–Crippen LogP) is -2.17. The minimum absolute atomic E-state index is 2.87. The molecular formula is H2O34. The standard InChI is InChI=1S/H2O34/c1-3-5-7-9-11-13-15-17-19-21-23-25-27-29-31-33-34-32-30-28-26-24-22-20-18-16-14-12-10-8-6-4-2/h1-2H. The SMILES string of the molecule is OOOOOOOOOOOOOOOOOOOOOOOOOOOOOOOOOO. The van der Waals surface area contributed by atoms with Crippen LogP contribution in [0.4, 0.5) is 0 Å². The molecule has 0 aliphatic rings. The molecule has 0 aliphatic heterocycles. The van der Waals surface area contributed by atoms with Gasteiger partial charge in [0.25, 0.3) is 0 Å². The van der Waals surface area contributed by atoms with Gasteiger partial charge < -0.3 is 0 Å². The van der Waals surface area contributed by atoms with Crippen LogP contribution in [0.3, 0.4) is 0 Å². The van der Waals surface area contributed by atoms with Crippen LogP contribution in [0, 0.1) is 0 Å². The van der Waals surface area contributed by atoms with Gasteiger partial charge in [0.2, 0.25) is 0 Å². The van der Waals surface area contributed by atoms with Crippen LogP contribution in [-0.2, 0) is 161 Å². The molecule has 0 aliphatic carbocycles. The Balaban J connectivity index is 2.99. The fraction of sp³-hybridized carbons (Fsp3) is 0. The summed E-state index contributed by atoms with van der Waals surface area (Å²) in [6, 6.07) is 0. The smallest absolute Gasteiger partial charge is 0 e. The summed E-state index contributed by atoms with van der Waals surface area (Å²) in [5.41, 5.74) is 0. The molecule has 34 heteroatoms. The van der Waals surface area contributed by atoms with Crippen molar-refractivity contribution in [2.45, 2.75) is 0 Å². The summed E-state index contributed by atoms with van der Waals surface area (Å²) in [5, 5.41) is 124. The van der Waals surface area contributed by atoms with Gasteiger partial charge in [-0.25, -0.2) is 10.5 Å². The molecule has 0 spiro atoms. The lowest BCUT2D eigenvalue weighted by Gasteiger charge is -1.99. The van der Waals surface area contributed by atoms with Gasteiger partial charge in [0, 0.05) is 80.6 Å². The minimum atomic E-state index is 2.87. The van der Waals surface area contributed by atoms with E-state index in [1.54, 1.807) is 0 Å². The van der Waals surface area contributed by atoms with E-state index in [9.17, 15) is 0 Å². The quantitative estimate of drug-likeness (QED) is 0.0530. The van der Waals surface area contributed by atoms with E-state index >= 15 is 0 Å². The highest BCUT2D eigenvalue weighted by atomic mass is 18.0. The zero-order valence-electron chi connectivity index (χ0n) is 14.0. The van der Waals surface area contributed by atoms with Crippen LogP contribution in [0.25, 0.3) is 0 Å². The van der Waals surface area contributed by atoms with Gasteiger partial charge in [0.05, 0.1) is 0 Å². The van der Waals surface area contributed by atoms with E-state index in [4.69, 9.17) is 10.5 Å². The second-order valence-electron chi connectivity index (χ2n) is 2.19. The molecule has 206 valence electrons. The summed E-state index contributed by atoms with van der Waals surface area (Å²) in [5.74, 6) is 0. The molecule has 2 N–H and O–H groups in total. The molecule has 0 radical (unpaired) electrons. The Morgan fingerprint density at radius 2 is 0.235 bits per heavy atom. The highest BCUT2D eigenvalue weighted by Crippen LogP contribution is 1.95. The van der Waals surface area contributed by atoms with Gasteiger partial charge in [-0.3, -0.25) is 0 Å². The Bertz CT molecular complexity index is 288. The van der Waals surface area contributed by atoms with Gasteiger partial charge in [0.1, 0.15) is 0 Å². The molecule has 0 heterocycles. The fourth-order valence-electron chi connectivity index (χ4n) is 0.342. The van der Waals surface area contributed by atoms with Crippen LogP contribution >= 0.6 is 0 Å². The predicted molar refractivity (Wildman–Crippen MR) is 40.0 cm³/mol. The second-order valence-corrected chi connectivity index (χ2v) is 2.19. The van der Waals surface area contributed by atoms with E-state index in [1.165, 1.54) is 0 Å². The van der Waals surface area contributed by atoms with Gasteiger partial charge in [-0.15, -0.1) is 0 Å². The van der Waals surface area contributed by atoms with Crippen molar-refractivity contribution in [2.24, 2.45) is 0 Å². The zero-order valence-corrected chi connectivity index (χ0v) is 14.0. The molecule has 0 saturated carbocycles. The summed E-state index contributed by atoms with van der Waals surface area (Å²) in [6.45, 7) is 0. The Hall–Kier alpha value is -1.36. The van der Waals surface area contributed by atoms with Crippen LogP contribution in [0.15, 0.2) is 0 Å². The average Bonchev–Trinajstić information content (AvgIpc) is 2.85. The summed E-state index contributed by atoms with van der Waals surface area (Å²) < 4.78 is 0. The first-order chi connectivity index (χ1) is 16.9. The van der Waals surface area contributed by atoms with Crippen molar-refractivity contribution in [1.29, 1.82) is 0 Å². The molecule has 0 saturated heterocycles. The first-order valence-corrected chi connectivity index (χ1v) is 5.53. The molecule has 0 rings (SSSR count). The monoisotopic (exact) mass is 546 g/mol. The Morgan fingerprint density at radius 3 is 0.324 bits per heavy atom. The largest absolute Gasteiger partial charge is 0.219 e. The minimum Gasteiger partial charge on any atom is -0.219 e. The van der Waals surface area contributed by atoms with E-state index in [0.717, 1.165) is 0 Å². The highest BCUT2D eigenvalue weighted by molar-refractivity contribution is 3.10. The lowest BCUT2D eigenvalue weighted by atomic mass is 14.0. The maximum atomic E-state index is 7.54. The molecule has 0 bridgehead atoms. The fourth-order valence-corrected chi connectivity index (χ4v) is 0.342. The van der Waals surface area contributed by atoms with E-state index in [2.05, 4.69) is 161 Å². The molecule has 0 aromatic rings. The number of rotatable bonds is 31. The Labute approximate surface area is 173 Å². The van der Waals surface area contributed by atoms with Crippen LogP contribution < -0.4 is 0 Å². The van der Waals surface area contributed by atoms with Gasteiger partial charge in [0.15, 0.2) is 0 Å². The van der Waals surface area contributed by atoms with Crippen LogP contribution in [0.1, 0.15) is 0 Å². The van der Waals surface area contributed by atoms with Crippen molar-refractivity contribution in [3.8, 4) is 0 Å². The third-order valence-corrected chi connectivity index (χ3v) is 0.866. The lowest BCUT2D eigenvalue weighted by molar-refractivity contribution is -0.906. The van der Waals surface area contributed by atoms with Gasteiger partial charge in [-0.2, -0.15) is 0 Å². The molecule has 0 aromatic heterocycles. The number of hydrogen-bond acceptors (Lipinski definition) is 34. The van der Waals surface area contributed by atoms with Crippen LogP contribution in [0.2, 0.25) is 0 Å². The first kappa shape index (κ1) is 32.6. The maximum absolute atomic E-state index is 7.54. The maximum Gasteiger partial charge on any atom is 0 e. The Kier molecular flexibility index (Phi) is 30.4. The van der Waals surface area contributed by atoms with Crippen LogP contribution in [0.5, 0.6) is 0 Å². The molecule has 0 aromatic carbocycles. The molecular weight excluding hydrogens is 544 g/mol. The lowest BCUT2D eigenvalue weighted by Crippen LogP contribution is -2.06. The van der Waals surface area contributed by atoms with Crippen molar-refractivity contribution in [3.63, 3.8) is 0 Å². The summed E-state index contributed by atoms with van der Waals surface area (Å²) >= 11 is 0. The third kappa shape index (κ3) is 30.6. The van der Waals surface area contributed by atoms with Crippen molar-refractivity contribution < 1.29 is 172 Å². The van der Waals surface area contributed by atoms with Crippen molar-refractivity contribution >= 4 is 0 Å². The summed E-state index contributed by atoms with van der Waals surface area (Å²) in [6.07, 6.45) is 0. The third-order valence-electron chi connectivity index (χ3n) is 0.866. The molecule has 0 unspecified atom stereocenters. The van der Waals surface area contributed by atoms with E-state index in [1.807, 2.05) is 0 Å². The highest BCUT2D eigenvalue weighted by Gasteiger charge is 2.02. The molecule has 0 fully saturated rings. The van der Waals surface area contributed by atoms with Crippen molar-refractivity contribution in [2.75, 3.05) is 0 Å².